The number of nitrogens with one attached hydrogen (secondary N) is 2. The van der Waals surface area contributed by atoms with E-state index in [2.05, 4.69) is 17.7 Å². The Bertz CT molecular complexity index is 878. The molecule has 2 heterocycles. The number of imide groups is 1. The number of thiophene rings is 1. The van der Waals surface area contributed by atoms with Gasteiger partial charge >= 0.3 is 6.03 Å². The van der Waals surface area contributed by atoms with Crippen LogP contribution < -0.4 is 10.7 Å². The molecule has 142 valence electrons. The van der Waals surface area contributed by atoms with E-state index in [0.717, 1.165) is 28.3 Å². The van der Waals surface area contributed by atoms with E-state index >= 15 is 0 Å². The Morgan fingerprint density at radius 3 is 2.56 bits per heavy atom. The summed E-state index contributed by atoms with van der Waals surface area (Å²) in [5.74, 6) is -0.925. The molecule has 1 saturated heterocycles. The summed E-state index contributed by atoms with van der Waals surface area (Å²) < 4.78 is 0. The monoisotopic (exact) mass is 385 g/mol. The Kier molecular flexibility index (Phi) is 5.32. The zero-order chi connectivity index (χ0) is 19.6. The van der Waals surface area contributed by atoms with E-state index in [1.54, 1.807) is 12.1 Å². The highest BCUT2D eigenvalue weighted by Crippen LogP contribution is 2.32. The van der Waals surface area contributed by atoms with E-state index in [9.17, 15) is 14.4 Å². The predicted octanol–water partition coefficient (Wildman–Crippen LogP) is 3.51. The largest absolute Gasteiger partial charge is 0.344 e. The van der Waals surface area contributed by atoms with Gasteiger partial charge in [0, 0.05) is 4.88 Å². The number of aryl methyl sites for hydroxylation is 2. The van der Waals surface area contributed by atoms with Crippen LogP contribution in [0.5, 0.6) is 0 Å². The van der Waals surface area contributed by atoms with Gasteiger partial charge in [-0.2, -0.15) is 5.01 Å². The molecule has 1 aromatic carbocycles. The first-order valence-corrected chi connectivity index (χ1v) is 9.87. The second-order valence-corrected chi connectivity index (χ2v) is 7.83. The third kappa shape index (κ3) is 3.35. The summed E-state index contributed by atoms with van der Waals surface area (Å²) in [6.07, 6.45) is 2.26. The predicted molar refractivity (Wildman–Crippen MR) is 104 cm³/mol. The molecule has 27 heavy (non-hydrogen) atoms. The number of carbonyl (C=O) groups is 3. The molecule has 1 aliphatic rings. The average Bonchev–Trinajstić information content (AvgIpc) is 3.15. The lowest BCUT2D eigenvalue weighted by Crippen LogP contribution is -2.48. The highest BCUT2D eigenvalue weighted by molar-refractivity contribution is 7.14. The summed E-state index contributed by atoms with van der Waals surface area (Å²) >= 11 is 1.37. The van der Waals surface area contributed by atoms with Gasteiger partial charge in [0.15, 0.2) is 0 Å². The molecule has 6 nitrogen and oxygen atoms in total. The number of nitrogens with zero attached hydrogens (tertiary/aromatic N) is 1. The van der Waals surface area contributed by atoms with Crippen LogP contribution in [-0.4, -0.2) is 22.9 Å². The smallest absolute Gasteiger partial charge is 0.318 e. The molecular formula is C20H23N3O3S. The SMILES string of the molecule is CCCc1cc(C(=O)NN2C(=O)N[C@@](CC)(c3ccccc3)C2=O)sc1C. The van der Waals surface area contributed by atoms with Crippen molar-refractivity contribution in [2.24, 2.45) is 0 Å². The van der Waals surface area contributed by atoms with E-state index in [1.807, 2.05) is 38.1 Å². The van der Waals surface area contributed by atoms with Crippen molar-refractivity contribution in [1.29, 1.82) is 0 Å². The topological polar surface area (TPSA) is 78.5 Å². The van der Waals surface area contributed by atoms with Crippen LogP contribution in [0, 0.1) is 6.92 Å². The zero-order valence-electron chi connectivity index (χ0n) is 15.7. The van der Waals surface area contributed by atoms with Gasteiger partial charge in [-0.15, -0.1) is 11.3 Å². The molecule has 1 fully saturated rings. The zero-order valence-corrected chi connectivity index (χ0v) is 16.5. The second kappa shape index (κ2) is 7.52. The van der Waals surface area contributed by atoms with Crippen molar-refractivity contribution in [3.05, 3.63) is 57.3 Å². The average molecular weight is 385 g/mol. The molecule has 2 aromatic rings. The van der Waals surface area contributed by atoms with Gasteiger partial charge in [-0.25, -0.2) is 4.79 Å². The number of hydrogen-bond acceptors (Lipinski definition) is 4. The molecule has 0 bridgehead atoms. The molecule has 0 radical (unpaired) electrons. The van der Waals surface area contributed by atoms with Crippen LogP contribution >= 0.6 is 11.3 Å². The first kappa shape index (κ1) is 19.1. The summed E-state index contributed by atoms with van der Waals surface area (Å²) in [5, 5.41) is 3.55. The lowest BCUT2D eigenvalue weighted by molar-refractivity contribution is -0.133. The van der Waals surface area contributed by atoms with Crippen LogP contribution in [0.3, 0.4) is 0 Å². The Labute approximate surface area is 162 Å². The number of urea groups is 1. The third-order valence-corrected chi connectivity index (χ3v) is 5.96. The van der Waals surface area contributed by atoms with E-state index in [-0.39, 0.29) is 0 Å². The molecule has 4 amide bonds. The first-order chi connectivity index (χ1) is 12.9. The van der Waals surface area contributed by atoms with Gasteiger partial charge in [-0.3, -0.25) is 15.0 Å². The van der Waals surface area contributed by atoms with Gasteiger partial charge in [0.1, 0.15) is 5.54 Å². The van der Waals surface area contributed by atoms with Gasteiger partial charge in [-0.1, -0.05) is 50.6 Å². The van der Waals surface area contributed by atoms with Crippen LogP contribution in [0.4, 0.5) is 4.79 Å². The minimum Gasteiger partial charge on any atom is -0.318 e. The van der Waals surface area contributed by atoms with Crippen LogP contribution in [0.1, 0.15) is 52.4 Å². The van der Waals surface area contributed by atoms with Crippen molar-refractivity contribution in [2.75, 3.05) is 0 Å². The summed E-state index contributed by atoms with van der Waals surface area (Å²) in [7, 11) is 0. The number of benzene rings is 1. The Morgan fingerprint density at radius 2 is 1.93 bits per heavy atom. The maximum absolute atomic E-state index is 13.0. The van der Waals surface area contributed by atoms with Crippen molar-refractivity contribution in [2.45, 2.75) is 45.6 Å². The number of carbonyl (C=O) groups excluding carboxylic acids is 3. The van der Waals surface area contributed by atoms with Crippen LogP contribution in [0.25, 0.3) is 0 Å². The number of hydrazine groups is 1. The normalized spacial score (nSPS) is 19.3. The summed E-state index contributed by atoms with van der Waals surface area (Å²) in [4.78, 5) is 39.7. The maximum atomic E-state index is 13.0. The molecular weight excluding hydrogens is 362 g/mol. The Balaban J connectivity index is 1.83. The van der Waals surface area contributed by atoms with Crippen molar-refractivity contribution < 1.29 is 14.4 Å². The van der Waals surface area contributed by atoms with Crippen molar-refractivity contribution in [3.8, 4) is 0 Å². The van der Waals surface area contributed by atoms with Crippen molar-refractivity contribution in [1.82, 2.24) is 15.8 Å². The quantitative estimate of drug-likeness (QED) is 0.747. The second-order valence-electron chi connectivity index (χ2n) is 6.58. The van der Waals surface area contributed by atoms with Crippen LogP contribution in [0.2, 0.25) is 0 Å². The van der Waals surface area contributed by atoms with Gasteiger partial charge in [-0.05, 0) is 37.0 Å². The maximum Gasteiger partial charge on any atom is 0.344 e. The fourth-order valence-electron chi connectivity index (χ4n) is 3.34. The van der Waals surface area contributed by atoms with Crippen LogP contribution in [-0.2, 0) is 16.8 Å². The highest BCUT2D eigenvalue weighted by atomic mass is 32.1. The van der Waals surface area contributed by atoms with Gasteiger partial charge in [0.2, 0.25) is 0 Å². The molecule has 0 unspecified atom stereocenters. The molecule has 1 aromatic heterocycles. The van der Waals surface area contributed by atoms with E-state index in [1.165, 1.54) is 11.3 Å². The molecule has 3 rings (SSSR count). The van der Waals surface area contributed by atoms with Crippen molar-refractivity contribution in [3.63, 3.8) is 0 Å². The van der Waals surface area contributed by atoms with Gasteiger partial charge in [0.25, 0.3) is 11.8 Å². The fraction of sp³-hybridized carbons (Fsp3) is 0.350. The first-order valence-electron chi connectivity index (χ1n) is 9.05. The van der Waals surface area contributed by atoms with Crippen molar-refractivity contribution >= 4 is 29.2 Å². The molecule has 0 spiro atoms. The highest BCUT2D eigenvalue weighted by Gasteiger charge is 2.52. The standard InChI is InChI=1S/C20H23N3O3S/c1-4-9-14-12-16(27-13(14)3)17(24)22-23-18(25)20(5-2,21-19(23)26)15-10-7-6-8-11-15/h6-8,10-12H,4-5,9H2,1-3H3,(H,21,26)(H,22,24)/t20-/m0/s1. The van der Waals surface area contributed by atoms with E-state index < -0.39 is 23.4 Å². The molecule has 1 atom stereocenters. The number of rotatable bonds is 6. The van der Waals surface area contributed by atoms with E-state index in [4.69, 9.17) is 0 Å². The van der Waals surface area contributed by atoms with Gasteiger partial charge in [0.05, 0.1) is 4.88 Å². The molecule has 7 heteroatoms. The lowest BCUT2D eigenvalue weighted by Gasteiger charge is -2.25. The third-order valence-electron chi connectivity index (χ3n) is 4.87. The fourth-order valence-corrected chi connectivity index (χ4v) is 4.31. The molecule has 0 saturated carbocycles. The lowest BCUT2D eigenvalue weighted by atomic mass is 9.87. The van der Waals surface area contributed by atoms with E-state index in [0.29, 0.717) is 16.9 Å². The minimum atomic E-state index is -1.16. The van der Waals surface area contributed by atoms with Gasteiger partial charge < -0.3 is 5.32 Å². The minimum absolute atomic E-state index is 0.382. The molecule has 1 aliphatic heterocycles. The summed E-state index contributed by atoms with van der Waals surface area (Å²) in [6, 6.07) is 10.3. The summed E-state index contributed by atoms with van der Waals surface area (Å²) in [6.45, 7) is 5.88. The number of hydrogen-bond donors (Lipinski definition) is 2. The molecule has 2 N–H and O–H groups in total. The molecule has 0 aliphatic carbocycles. The van der Waals surface area contributed by atoms with Crippen LogP contribution in [0.15, 0.2) is 36.4 Å². The Hall–Kier alpha value is -2.67. The summed E-state index contributed by atoms with van der Waals surface area (Å²) in [5.41, 5.74) is 3.13. The Morgan fingerprint density at radius 1 is 1.22 bits per heavy atom. The number of amides is 4.